The summed E-state index contributed by atoms with van der Waals surface area (Å²) >= 11 is 14.1. The van der Waals surface area contributed by atoms with Gasteiger partial charge in [-0.2, -0.15) is 11.8 Å². The second-order valence-corrected chi connectivity index (χ2v) is 5.81. The maximum absolute atomic E-state index is 6.17. The van der Waals surface area contributed by atoms with Crippen LogP contribution in [0.1, 0.15) is 19.3 Å². The van der Waals surface area contributed by atoms with E-state index in [-0.39, 0.29) is 0 Å². The molecule has 2 aliphatic rings. The number of fused-ring (bicyclic) bond motifs is 2. The highest BCUT2D eigenvalue weighted by molar-refractivity contribution is 8.01. The molecule has 4 atom stereocenters. The van der Waals surface area contributed by atoms with Crippen molar-refractivity contribution in [2.24, 2.45) is 5.92 Å². The molecule has 2 bridgehead atoms. The molecule has 4 unspecified atom stereocenters. The lowest BCUT2D eigenvalue weighted by Crippen LogP contribution is -2.22. The van der Waals surface area contributed by atoms with Gasteiger partial charge in [0.25, 0.3) is 0 Å². The summed E-state index contributed by atoms with van der Waals surface area (Å²) in [6.45, 7) is 0. The van der Waals surface area contributed by atoms with Gasteiger partial charge in [0.05, 0.1) is 0 Å². The number of thioether (sulfide) groups is 1. The molecule has 0 amide bonds. The van der Waals surface area contributed by atoms with Gasteiger partial charge in [-0.1, -0.05) is 0 Å². The summed E-state index contributed by atoms with van der Waals surface area (Å²) in [5, 5.41) is 1.83. The number of rotatable bonds is 1. The standard InChI is InChI=1S/C8H12Cl2S/c9-4-8-5-1-2-6(10)7(3-5)11-8/h5-8H,1-4H2. The Morgan fingerprint density at radius 2 is 2.18 bits per heavy atom. The van der Waals surface area contributed by atoms with Crippen molar-refractivity contribution < 1.29 is 0 Å². The molecule has 1 saturated heterocycles. The average molecular weight is 211 g/mol. The van der Waals surface area contributed by atoms with Gasteiger partial charge in [0.15, 0.2) is 0 Å². The van der Waals surface area contributed by atoms with Gasteiger partial charge in [-0.05, 0) is 25.2 Å². The Morgan fingerprint density at radius 1 is 1.36 bits per heavy atom. The van der Waals surface area contributed by atoms with Gasteiger partial charge in [0, 0.05) is 21.8 Å². The molecule has 11 heavy (non-hydrogen) atoms. The Bertz CT molecular complexity index is 151. The van der Waals surface area contributed by atoms with Crippen molar-refractivity contribution in [3.8, 4) is 0 Å². The van der Waals surface area contributed by atoms with Crippen molar-refractivity contribution in [1.29, 1.82) is 0 Å². The van der Waals surface area contributed by atoms with E-state index in [2.05, 4.69) is 0 Å². The van der Waals surface area contributed by atoms with E-state index in [0.29, 0.717) is 15.9 Å². The molecule has 1 aliphatic heterocycles. The molecular formula is C8H12Cl2S. The smallest absolute Gasteiger partial charge is 0.0455 e. The zero-order chi connectivity index (χ0) is 7.84. The molecule has 0 radical (unpaired) electrons. The largest absolute Gasteiger partial charge is 0.152 e. The fourth-order valence-corrected chi connectivity index (χ4v) is 4.63. The minimum absolute atomic E-state index is 0.421. The van der Waals surface area contributed by atoms with Crippen molar-refractivity contribution in [2.45, 2.75) is 35.1 Å². The molecule has 1 aliphatic carbocycles. The second-order valence-electron chi connectivity index (χ2n) is 3.46. The van der Waals surface area contributed by atoms with Crippen LogP contribution in [0.2, 0.25) is 0 Å². The van der Waals surface area contributed by atoms with Crippen LogP contribution < -0.4 is 0 Å². The van der Waals surface area contributed by atoms with Crippen LogP contribution in [0.5, 0.6) is 0 Å². The van der Waals surface area contributed by atoms with Crippen LogP contribution in [0.15, 0.2) is 0 Å². The lowest BCUT2D eigenvalue weighted by molar-refractivity contribution is 0.397. The van der Waals surface area contributed by atoms with E-state index in [1.165, 1.54) is 19.3 Å². The van der Waals surface area contributed by atoms with E-state index in [4.69, 9.17) is 23.2 Å². The topological polar surface area (TPSA) is 0 Å². The van der Waals surface area contributed by atoms with Crippen molar-refractivity contribution in [2.75, 3.05) is 5.88 Å². The fourth-order valence-electron chi connectivity index (χ4n) is 2.10. The summed E-state index contributed by atoms with van der Waals surface area (Å²) < 4.78 is 0. The molecule has 2 fully saturated rings. The molecule has 0 aromatic heterocycles. The first-order valence-electron chi connectivity index (χ1n) is 4.16. The minimum Gasteiger partial charge on any atom is -0.152 e. The third-order valence-corrected chi connectivity index (χ3v) is 5.74. The van der Waals surface area contributed by atoms with Crippen LogP contribution in [0.25, 0.3) is 0 Å². The van der Waals surface area contributed by atoms with Crippen LogP contribution >= 0.6 is 35.0 Å². The normalized spacial score (nSPS) is 49.6. The van der Waals surface area contributed by atoms with E-state index in [9.17, 15) is 0 Å². The molecule has 0 aromatic carbocycles. The quantitative estimate of drug-likeness (QED) is 0.600. The van der Waals surface area contributed by atoms with Gasteiger partial charge < -0.3 is 0 Å². The van der Waals surface area contributed by atoms with E-state index in [0.717, 1.165) is 11.8 Å². The zero-order valence-corrected chi connectivity index (χ0v) is 8.63. The highest BCUT2D eigenvalue weighted by Crippen LogP contribution is 2.48. The lowest BCUT2D eigenvalue weighted by Gasteiger charge is -2.22. The maximum Gasteiger partial charge on any atom is 0.0455 e. The number of halogens is 2. The van der Waals surface area contributed by atoms with Gasteiger partial charge >= 0.3 is 0 Å². The first-order valence-corrected chi connectivity index (χ1v) is 6.08. The Kier molecular flexibility index (Phi) is 2.60. The van der Waals surface area contributed by atoms with Crippen molar-refractivity contribution in [3.63, 3.8) is 0 Å². The molecule has 0 nitrogen and oxygen atoms in total. The van der Waals surface area contributed by atoms with Crippen LogP contribution in [0, 0.1) is 5.92 Å². The van der Waals surface area contributed by atoms with Crippen LogP contribution in [0.4, 0.5) is 0 Å². The first-order chi connectivity index (χ1) is 5.31. The van der Waals surface area contributed by atoms with E-state index in [1.54, 1.807) is 0 Å². The molecule has 2 rings (SSSR count). The maximum atomic E-state index is 6.17. The predicted octanol–water partition coefficient (Wildman–Crippen LogP) is 3.12. The minimum atomic E-state index is 0.421. The van der Waals surface area contributed by atoms with E-state index in [1.807, 2.05) is 11.8 Å². The molecular weight excluding hydrogens is 199 g/mol. The van der Waals surface area contributed by atoms with Gasteiger partial charge in [-0.25, -0.2) is 0 Å². The third kappa shape index (κ3) is 1.52. The Balaban J connectivity index is 2.03. The number of hydrogen-bond donors (Lipinski definition) is 0. The fraction of sp³-hybridized carbons (Fsp3) is 1.00. The summed E-state index contributed by atoms with van der Waals surface area (Å²) in [4.78, 5) is 0. The number of hydrogen-bond acceptors (Lipinski definition) is 1. The first kappa shape index (κ1) is 8.52. The summed E-state index contributed by atoms with van der Waals surface area (Å²) in [5.74, 6) is 1.69. The monoisotopic (exact) mass is 210 g/mol. The molecule has 0 aromatic rings. The van der Waals surface area contributed by atoms with E-state index >= 15 is 0 Å². The zero-order valence-electron chi connectivity index (χ0n) is 6.30. The Hall–Kier alpha value is 0.930. The van der Waals surface area contributed by atoms with Crippen molar-refractivity contribution >= 4 is 35.0 Å². The Labute approximate surface area is 82.0 Å². The number of alkyl halides is 2. The van der Waals surface area contributed by atoms with Gasteiger partial charge in [0.1, 0.15) is 0 Å². The summed E-state index contributed by atoms with van der Waals surface area (Å²) in [5.41, 5.74) is 0. The molecule has 0 spiro atoms. The highest BCUT2D eigenvalue weighted by Gasteiger charge is 2.41. The van der Waals surface area contributed by atoms with Gasteiger partial charge in [0.2, 0.25) is 0 Å². The van der Waals surface area contributed by atoms with Crippen molar-refractivity contribution in [1.82, 2.24) is 0 Å². The highest BCUT2D eigenvalue weighted by atomic mass is 35.5. The molecule has 64 valence electrons. The van der Waals surface area contributed by atoms with E-state index < -0.39 is 0 Å². The van der Waals surface area contributed by atoms with Gasteiger partial charge in [-0.3, -0.25) is 0 Å². The molecule has 0 N–H and O–H groups in total. The van der Waals surface area contributed by atoms with Crippen LogP contribution in [0.3, 0.4) is 0 Å². The third-order valence-electron chi connectivity index (χ3n) is 2.78. The van der Waals surface area contributed by atoms with Crippen LogP contribution in [-0.4, -0.2) is 21.8 Å². The summed E-state index contributed by atoms with van der Waals surface area (Å²) in [6.07, 6.45) is 3.82. The lowest BCUT2D eigenvalue weighted by atomic mass is 9.87. The van der Waals surface area contributed by atoms with Crippen molar-refractivity contribution in [3.05, 3.63) is 0 Å². The second kappa shape index (κ2) is 3.35. The molecule has 3 heteroatoms. The van der Waals surface area contributed by atoms with Crippen LogP contribution in [-0.2, 0) is 0 Å². The summed E-state index contributed by atoms with van der Waals surface area (Å²) in [6, 6.07) is 0. The van der Waals surface area contributed by atoms with Gasteiger partial charge in [-0.15, -0.1) is 23.2 Å². The summed E-state index contributed by atoms with van der Waals surface area (Å²) in [7, 11) is 0. The predicted molar refractivity (Wildman–Crippen MR) is 52.9 cm³/mol. The average Bonchev–Trinajstić information content (AvgIpc) is 2.37. The Morgan fingerprint density at radius 3 is 2.82 bits per heavy atom. The molecule has 1 saturated carbocycles. The SMILES string of the molecule is ClCC1SC2CC1CCC2Cl. The molecule has 1 heterocycles.